The minimum atomic E-state index is -0.777. The number of cyclic esters (lactones) is 1. The van der Waals surface area contributed by atoms with E-state index in [0.29, 0.717) is 10.6 Å². The van der Waals surface area contributed by atoms with Crippen LogP contribution < -0.4 is 0 Å². The topological polar surface area (TPSA) is 26.3 Å². The number of ether oxygens (including phenoxy) is 1. The highest BCUT2D eigenvalue weighted by Crippen LogP contribution is 2.44. The van der Waals surface area contributed by atoms with Gasteiger partial charge in [0.2, 0.25) is 0 Å². The van der Waals surface area contributed by atoms with Crippen molar-refractivity contribution in [3.05, 3.63) is 82.4 Å². The van der Waals surface area contributed by atoms with Gasteiger partial charge in [0.15, 0.2) is 5.60 Å². The highest BCUT2D eigenvalue weighted by Gasteiger charge is 2.43. The van der Waals surface area contributed by atoms with Gasteiger partial charge in [-0.05, 0) is 35.4 Å². The summed E-state index contributed by atoms with van der Waals surface area (Å²) in [6.07, 6.45) is 0. The zero-order chi connectivity index (χ0) is 15.3. The largest absolute Gasteiger partial charge is 0.446 e. The van der Waals surface area contributed by atoms with Gasteiger partial charge in [-0.2, -0.15) is 0 Å². The Morgan fingerprint density at radius 1 is 0.955 bits per heavy atom. The molecule has 0 spiro atoms. The first-order valence-corrected chi connectivity index (χ1v) is 7.49. The summed E-state index contributed by atoms with van der Waals surface area (Å²) in [6.45, 7) is 1.93. The molecule has 0 saturated carbocycles. The number of hydrogen-bond acceptors (Lipinski definition) is 2. The lowest BCUT2D eigenvalue weighted by molar-refractivity contribution is 0.0181. The van der Waals surface area contributed by atoms with Gasteiger partial charge >= 0.3 is 5.97 Å². The van der Waals surface area contributed by atoms with Crippen molar-refractivity contribution in [3.63, 3.8) is 0 Å². The number of carbonyl (C=O) groups is 1. The van der Waals surface area contributed by atoms with Gasteiger partial charge < -0.3 is 4.74 Å². The summed E-state index contributed by atoms with van der Waals surface area (Å²) in [5, 5.41) is 2.64. The molecule has 4 rings (SSSR count). The molecular weight excluding hydrogens is 296 g/mol. The quantitative estimate of drug-likeness (QED) is 0.596. The summed E-state index contributed by atoms with van der Waals surface area (Å²) in [5.41, 5.74) is 1.70. The fraction of sp³-hybridized carbons (Fsp3) is 0.105. The van der Waals surface area contributed by atoms with E-state index in [1.54, 1.807) is 0 Å². The van der Waals surface area contributed by atoms with E-state index >= 15 is 0 Å². The van der Waals surface area contributed by atoms with Crippen molar-refractivity contribution >= 4 is 28.3 Å². The van der Waals surface area contributed by atoms with E-state index in [9.17, 15) is 4.79 Å². The van der Waals surface area contributed by atoms with Crippen molar-refractivity contribution in [2.24, 2.45) is 0 Å². The van der Waals surface area contributed by atoms with Gasteiger partial charge in [-0.3, -0.25) is 0 Å². The minimum absolute atomic E-state index is 0.274. The molecule has 0 amide bonds. The molecule has 0 aromatic heterocycles. The maximum Gasteiger partial charge on any atom is 0.340 e. The fourth-order valence-corrected chi connectivity index (χ4v) is 3.29. The van der Waals surface area contributed by atoms with Gasteiger partial charge in [-0.1, -0.05) is 60.1 Å². The van der Waals surface area contributed by atoms with Crippen LogP contribution in [0.5, 0.6) is 0 Å². The third kappa shape index (κ3) is 1.77. The Bertz CT molecular complexity index is 899. The molecule has 1 atom stereocenters. The lowest BCUT2D eigenvalue weighted by Crippen LogP contribution is -2.23. The number of rotatable bonds is 1. The molecule has 0 fully saturated rings. The predicted molar refractivity (Wildman–Crippen MR) is 87.3 cm³/mol. The highest BCUT2D eigenvalue weighted by molar-refractivity contribution is 6.30. The Morgan fingerprint density at radius 2 is 1.68 bits per heavy atom. The Kier molecular flexibility index (Phi) is 2.78. The molecule has 22 heavy (non-hydrogen) atoms. The zero-order valence-electron chi connectivity index (χ0n) is 12.0. The van der Waals surface area contributed by atoms with Gasteiger partial charge in [0.05, 0.1) is 5.56 Å². The second kappa shape index (κ2) is 4.59. The van der Waals surface area contributed by atoms with Crippen LogP contribution in [-0.2, 0) is 10.3 Å². The number of esters is 1. The van der Waals surface area contributed by atoms with Crippen molar-refractivity contribution in [2.45, 2.75) is 12.5 Å². The molecule has 1 unspecified atom stereocenters. The van der Waals surface area contributed by atoms with Crippen LogP contribution in [-0.4, -0.2) is 5.97 Å². The second-order valence-corrected chi connectivity index (χ2v) is 6.08. The third-order valence-corrected chi connectivity index (χ3v) is 4.59. The van der Waals surface area contributed by atoms with Crippen molar-refractivity contribution < 1.29 is 9.53 Å². The Labute approximate surface area is 133 Å². The van der Waals surface area contributed by atoms with E-state index in [1.165, 1.54) is 0 Å². The lowest BCUT2D eigenvalue weighted by atomic mass is 9.85. The Morgan fingerprint density at radius 3 is 2.45 bits per heavy atom. The first kappa shape index (κ1) is 13.4. The molecule has 0 saturated heterocycles. The standard InChI is InChI=1S/C19H13ClO2/c1-19(13-7-9-14(20)10-8-13)16-11-6-12-4-2-3-5-15(12)17(16)18(21)22-19/h2-11H,1H3. The number of carbonyl (C=O) groups excluding carboxylic acids is 1. The van der Waals surface area contributed by atoms with Crippen molar-refractivity contribution in [2.75, 3.05) is 0 Å². The second-order valence-electron chi connectivity index (χ2n) is 5.64. The van der Waals surface area contributed by atoms with Crippen molar-refractivity contribution in [1.82, 2.24) is 0 Å². The Balaban J connectivity index is 1.99. The normalized spacial score (nSPS) is 20.0. The van der Waals surface area contributed by atoms with Gasteiger partial charge in [-0.25, -0.2) is 4.79 Å². The average molecular weight is 309 g/mol. The molecule has 1 aliphatic heterocycles. The molecule has 1 aliphatic rings. The van der Waals surface area contributed by atoms with E-state index in [1.807, 2.05) is 67.6 Å². The molecule has 0 radical (unpaired) electrons. The predicted octanol–water partition coefficient (Wildman–Crippen LogP) is 4.93. The SMILES string of the molecule is CC1(c2ccc(Cl)cc2)OC(=O)c2c1ccc1ccccc21. The van der Waals surface area contributed by atoms with E-state index in [-0.39, 0.29) is 5.97 Å². The van der Waals surface area contributed by atoms with Crippen LogP contribution in [0.1, 0.15) is 28.4 Å². The summed E-state index contributed by atoms with van der Waals surface area (Å²) in [7, 11) is 0. The minimum Gasteiger partial charge on any atom is -0.446 e. The Hall–Kier alpha value is -2.32. The van der Waals surface area contributed by atoms with Crippen molar-refractivity contribution in [3.8, 4) is 0 Å². The smallest absolute Gasteiger partial charge is 0.340 e. The van der Waals surface area contributed by atoms with Crippen molar-refractivity contribution in [1.29, 1.82) is 0 Å². The van der Waals surface area contributed by atoms with Gasteiger partial charge in [0.25, 0.3) is 0 Å². The van der Waals surface area contributed by atoms with Crippen LogP contribution >= 0.6 is 11.6 Å². The maximum absolute atomic E-state index is 12.5. The molecule has 3 aromatic carbocycles. The van der Waals surface area contributed by atoms with Gasteiger partial charge in [0, 0.05) is 10.6 Å². The number of fused-ring (bicyclic) bond motifs is 3. The molecule has 108 valence electrons. The van der Waals surface area contributed by atoms with Crippen LogP contribution in [0.4, 0.5) is 0 Å². The molecule has 0 aliphatic carbocycles. The molecule has 3 heteroatoms. The van der Waals surface area contributed by atoms with Crippen LogP contribution in [0.15, 0.2) is 60.7 Å². The monoisotopic (exact) mass is 308 g/mol. The van der Waals surface area contributed by atoms with Gasteiger partial charge in [0.1, 0.15) is 0 Å². The van der Waals surface area contributed by atoms with E-state index in [0.717, 1.165) is 21.9 Å². The van der Waals surface area contributed by atoms with Gasteiger partial charge in [-0.15, -0.1) is 0 Å². The number of hydrogen-bond donors (Lipinski definition) is 0. The summed E-state index contributed by atoms with van der Waals surface area (Å²) in [5.74, 6) is -0.274. The van der Waals surface area contributed by atoms with E-state index in [2.05, 4.69) is 0 Å². The van der Waals surface area contributed by atoms with Crippen LogP contribution in [0.3, 0.4) is 0 Å². The first-order chi connectivity index (χ1) is 10.6. The number of benzene rings is 3. The maximum atomic E-state index is 12.5. The third-order valence-electron chi connectivity index (χ3n) is 4.34. The summed E-state index contributed by atoms with van der Waals surface area (Å²) in [4.78, 5) is 12.5. The summed E-state index contributed by atoms with van der Waals surface area (Å²) < 4.78 is 5.77. The summed E-state index contributed by atoms with van der Waals surface area (Å²) in [6, 6.07) is 19.3. The fourth-order valence-electron chi connectivity index (χ4n) is 3.16. The highest BCUT2D eigenvalue weighted by atomic mass is 35.5. The zero-order valence-corrected chi connectivity index (χ0v) is 12.7. The first-order valence-electron chi connectivity index (χ1n) is 7.11. The van der Waals surface area contributed by atoms with E-state index < -0.39 is 5.60 Å². The lowest BCUT2D eigenvalue weighted by Gasteiger charge is -2.24. The molecule has 0 N–H and O–H groups in total. The summed E-state index contributed by atoms with van der Waals surface area (Å²) >= 11 is 5.96. The van der Waals surface area contributed by atoms with Crippen LogP contribution in [0.25, 0.3) is 10.8 Å². The molecular formula is C19H13ClO2. The van der Waals surface area contributed by atoms with Crippen LogP contribution in [0, 0.1) is 0 Å². The van der Waals surface area contributed by atoms with Crippen LogP contribution in [0.2, 0.25) is 5.02 Å². The van der Waals surface area contributed by atoms with E-state index in [4.69, 9.17) is 16.3 Å². The molecule has 2 nitrogen and oxygen atoms in total. The average Bonchev–Trinajstić information content (AvgIpc) is 2.80. The molecule has 3 aromatic rings. The molecule has 1 heterocycles. The number of halogens is 1. The molecule has 0 bridgehead atoms.